The molecule has 146 valence electrons. The minimum atomic E-state index is -0.291. The number of para-hydroxylation sites is 1. The average molecular weight is 387 g/mol. The van der Waals surface area contributed by atoms with E-state index in [1.54, 1.807) is 11.7 Å². The maximum atomic E-state index is 12.9. The monoisotopic (exact) mass is 387 g/mol. The Morgan fingerprint density at radius 1 is 1.07 bits per heavy atom. The first-order valence-corrected chi connectivity index (χ1v) is 9.27. The Hall–Kier alpha value is -3.74. The number of carbonyl (C=O) groups excluding carboxylic acids is 1. The molecular weight excluding hydrogens is 366 g/mol. The summed E-state index contributed by atoms with van der Waals surface area (Å²) in [4.78, 5) is 31.5. The minimum absolute atomic E-state index is 0.0953. The van der Waals surface area contributed by atoms with Crippen LogP contribution >= 0.6 is 0 Å². The predicted octanol–water partition coefficient (Wildman–Crippen LogP) is 2.86. The lowest BCUT2D eigenvalue weighted by molar-refractivity contribution is -0.118. The third kappa shape index (κ3) is 3.54. The quantitative estimate of drug-likeness (QED) is 0.540. The van der Waals surface area contributed by atoms with E-state index in [1.807, 2.05) is 56.3 Å². The Labute approximate surface area is 167 Å². The second-order valence-electron chi connectivity index (χ2n) is 7.11. The van der Waals surface area contributed by atoms with Crippen LogP contribution in [0.5, 0.6) is 0 Å². The third-order valence-electron chi connectivity index (χ3n) is 4.83. The summed E-state index contributed by atoms with van der Waals surface area (Å²) in [5.41, 5.74) is 4.00. The van der Waals surface area contributed by atoms with E-state index in [4.69, 9.17) is 0 Å². The number of rotatable bonds is 4. The number of aryl methyl sites for hydroxylation is 2. The van der Waals surface area contributed by atoms with Gasteiger partial charge >= 0.3 is 0 Å². The molecule has 0 saturated carbocycles. The normalized spacial score (nSPS) is 11.0. The van der Waals surface area contributed by atoms with Crippen molar-refractivity contribution in [1.29, 1.82) is 0 Å². The largest absolute Gasteiger partial charge is 0.314 e. The van der Waals surface area contributed by atoms with E-state index in [0.29, 0.717) is 11.0 Å². The molecular formula is C22H21N5O2. The number of carbonyl (C=O) groups is 1. The molecule has 0 saturated heterocycles. The lowest BCUT2D eigenvalue weighted by Gasteiger charge is -2.17. The summed E-state index contributed by atoms with van der Waals surface area (Å²) in [5, 5.41) is 4.73. The minimum Gasteiger partial charge on any atom is -0.314 e. The molecule has 0 N–H and O–H groups in total. The van der Waals surface area contributed by atoms with Gasteiger partial charge < -0.3 is 4.90 Å². The van der Waals surface area contributed by atoms with Gasteiger partial charge in [-0.15, -0.1) is 0 Å². The van der Waals surface area contributed by atoms with Crippen LogP contribution in [0, 0.1) is 13.8 Å². The van der Waals surface area contributed by atoms with Gasteiger partial charge in [-0.2, -0.15) is 5.10 Å². The molecule has 0 atom stereocenters. The van der Waals surface area contributed by atoms with E-state index < -0.39 is 0 Å². The Kier molecular flexibility index (Phi) is 4.72. The van der Waals surface area contributed by atoms with Gasteiger partial charge in [-0.1, -0.05) is 24.3 Å². The number of benzene rings is 2. The van der Waals surface area contributed by atoms with E-state index in [1.165, 1.54) is 22.0 Å². The molecule has 0 spiro atoms. The fourth-order valence-corrected chi connectivity index (χ4v) is 3.37. The van der Waals surface area contributed by atoms with Gasteiger partial charge in [-0.25, -0.2) is 9.67 Å². The van der Waals surface area contributed by atoms with Gasteiger partial charge in [0.05, 0.1) is 11.9 Å². The number of anilines is 1. The van der Waals surface area contributed by atoms with Crippen LogP contribution in [-0.4, -0.2) is 32.3 Å². The van der Waals surface area contributed by atoms with Gasteiger partial charge in [0.25, 0.3) is 5.56 Å². The molecule has 4 aromatic rings. The Morgan fingerprint density at radius 3 is 2.45 bits per heavy atom. The van der Waals surface area contributed by atoms with Crippen LogP contribution in [-0.2, 0) is 11.3 Å². The van der Waals surface area contributed by atoms with Crippen molar-refractivity contribution >= 4 is 22.6 Å². The zero-order chi connectivity index (χ0) is 20.5. The molecule has 2 aromatic heterocycles. The summed E-state index contributed by atoms with van der Waals surface area (Å²) in [7, 11) is 1.69. The summed E-state index contributed by atoms with van der Waals surface area (Å²) in [5.74, 6) is -0.207. The fourth-order valence-electron chi connectivity index (χ4n) is 3.37. The van der Waals surface area contributed by atoms with E-state index in [0.717, 1.165) is 22.5 Å². The van der Waals surface area contributed by atoms with Crippen LogP contribution in [0.2, 0.25) is 0 Å². The van der Waals surface area contributed by atoms with Gasteiger partial charge in [-0.05, 0) is 49.2 Å². The molecule has 2 heterocycles. The van der Waals surface area contributed by atoms with Crippen molar-refractivity contribution in [3.63, 3.8) is 0 Å². The number of likely N-dealkylation sites (N-methyl/N-ethyl adjacent to an activating group) is 1. The van der Waals surface area contributed by atoms with Crippen molar-refractivity contribution in [3.05, 3.63) is 82.5 Å². The molecule has 29 heavy (non-hydrogen) atoms. The van der Waals surface area contributed by atoms with Crippen LogP contribution in [0.1, 0.15) is 11.1 Å². The number of fused-ring (bicyclic) bond motifs is 1. The summed E-state index contributed by atoms with van der Waals surface area (Å²) >= 11 is 0. The van der Waals surface area contributed by atoms with Gasteiger partial charge in [0.15, 0.2) is 5.65 Å². The molecule has 0 radical (unpaired) electrons. The highest BCUT2D eigenvalue weighted by Gasteiger charge is 2.16. The summed E-state index contributed by atoms with van der Waals surface area (Å²) in [6.07, 6.45) is 2.91. The summed E-state index contributed by atoms with van der Waals surface area (Å²) in [6.45, 7) is 3.93. The fraction of sp³-hybridized carbons (Fsp3) is 0.182. The van der Waals surface area contributed by atoms with E-state index in [2.05, 4.69) is 16.1 Å². The summed E-state index contributed by atoms with van der Waals surface area (Å²) < 4.78 is 2.97. The first-order chi connectivity index (χ1) is 13.9. The smallest absolute Gasteiger partial charge is 0.264 e. The molecule has 0 bridgehead atoms. The molecule has 0 aliphatic rings. The standard InChI is InChI=1S/C22H21N5O2/c1-15-9-16(2)11-18(10-15)27-21-19(12-24-27)22(29)26(14-23-21)13-20(28)25(3)17-7-5-4-6-8-17/h4-12,14H,13H2,1-3H3. The molecule has 1 amide bonds. The number of nitrogens with zero attached hydrogens (tertiary/aromatic N) is 5. The molecule has 2 aromatic carbocycles. The predicted molar refractivity (Wildman–Crippen MR) is 112 cm³/mol. The topological polar surface area (TPSA) is 73.0 Å². The van der Waals surface area contributed by atoms with Crippen LogP contribution in [0.15, 0.2) is 65.8 Å². The van der Waals surface area contributed by atoms with Crippen molar-refractivity contribution in [2.75, 3.05) is 11.9 Å². The van der Waals surface area contributed by atoms with Crippen molar-refractivity contribution in [2.45, 2.75) is 20.4 Å². The first-order valence-electron chi connectivity index (χ1n) is 9.27. The number of amides is 1. The second kappa shape index (κ2) is 7.35. The van der Waals surface area contributed by atoms with Crippen molar-refractivity contribution in [1.82, 2.24) is 19.3 Å². The molecule has 4 rings (SSSR count). The first kappa shape index (κ1) is 18.6. The molecule has 0 fully saturated rings. The van der Waals surface area contributed by atoms with Gasteiger partial charge in [0.2, 0.25) is 5.91 Å². The SMILES string of the molecule is Cc1cc(C)cc(-n2ncc3c(=O)n(CC(=O)N(C)c4ccccc4)cnc32)c1. The highest BCUT2D eigenvalue weighted by Crippen LogP contribution is 2.17. The number of aromatic nitrogens is 4. The zero-order valence-electron chi connectivity index (χ0n) is 16.5. The summed E-state index contributed by atoms with van der Waals surface area (Å²) in [6, 6.07) is 15.4. The van der Waals surface area contributed by atoms with Crippen molar-refractivity contribution in [3.8, 4) is 5.69 Å². The van der Waals surface area contributed by atoms with Crippen molar-refractivity contribution < 1.29 is 4.79 Å². The van der Waals surface area contributed by atoms with Crippen molar-refractivity contribution in [2.24, 2.45) is 0 Å². The van der Waals surface area contributed by atoms with Gasteiger partial charge in [-0.3, -0.25) is 14.2 Å². The second-order valence-corrected chi connectivity index (χ2v) is 7.11. The lowest BCUT2D eigenvalue weighted by Crippen LogP contribution is -2.34. The van der Waals surface area contributed by atoms with E-state index in [-0.39, 0.29) is 18.0 Å². The Bertz CT molecular complexity index is 1240. The average Bonchev–Trinajstić information content (AvgIpc) is 3.14. The van der Waals surface area contributed by atoms with Gasteiger partial charge in [0.1, 0.15) is 18.3 Å². The highest BCUT2D eigenvalue weighted by atomic mass is 16.2. The Morgan fingerprint density at radius 2 is 1.76 bits per heavy atom. The molecule has 0 aliphatic carbocycles. The maximum Gasteiger partial charge on any atom is 0.264 e. The molecule has 0 aliphatic heterocycles. The van der Waals surface area contributed by atoms with Gasteiger partial charge in [0, 0.05) is 12.7 Å². The molecule has 0 unspecified atom stereocenters. The molecule has 7 nitrogen and oxygen atoms in total. The van der Waals surface area contributed by atoms with Crippen LogP contribution in [0.4, 0.5) is 5.69 Å². The van der Waals surface area contributed by atoms with Crippen LogP contribution in [0.3, 0.4) is 0 Å². The van der Waals surface area contributed by atoms with Crippen LogP contribution < -0.4 is 10.5 Å². The number of hydrogen-bond acceptors (Lipinski definition) is 4. The van der Waals surface area contributed by atoms with E-state index in [9.17, 15) is 9.59 Å². The highest BCUT2D eigenvalue weighted by molar-refractivity contribution is 5.92. The molecule has 7 heteroatoms. The number of hydrogen-bond donors (Lipinski definition) is 0. The van der Waals surface area contributed by atoms with Crippen LogP contribution in [0.25, 0.3) is 16.7 Å². The third-order valence-corrected chi connectivity index (χ3v) is 4.83. The lowest BCUT2D eigenvalue weighted by atomic mass is 10.1. The zero-order valence-corrected chi connectivity index (χ0v) is 16.5. The Balaban J connectivity index is 1.67. The van der Waals surface area contributed by atoms with E-state index >= 15 is 0 Å². The maximum absolute atomic E-state index is 12.9.